The largest absolute Gasteiger partial charge is 0.481 e. The summed E-state index contributed by atoms with van der Waals surface area (Å²) in [5.41, 5.74) is 2.31. The van der Waals surface area contributed by atoms with Gasteiger partial charge in [0, 0.05) is 6.20 Å². The number of carbonyl (C=O) groups excluding carboxylic acids is 1. The van der Waals surface area contributed by atoms with Crippen LogP contribution in [0.3, 0.4) is 0 Å². The molecule has 5 heteroatoms. The Hall–Kier alpha value is -2.07. The van der Waals surface area contributed by atoms with Gasteiger partial charge in [-0.3, -0.25) is 4.79 Å². The van der Waals surface area contributed by atoms with Gasteiger partial charge in [-0.05, 0) is 56.2 Å². The SMILES string of the molecule is Cc1ccc(O[C@H](C)C(=O)Nc2ccc(Cl)cn2)cc1C. The lowest BCUT2D eigenvalue weighted by Crippen LogP contribution is -2.30. The van der Waals surface area contributed by atoms with Gasteiger partial charge in [0.15, 0.2) is 6.10 Å². The van der Waals surface area contributed by atoms with Crippen molar-refractivity contribution >= 4 is 23.3 Å². The molecule has 1 atom stereocenters. The van der Waals surface area contributed by atoms with E-state index in [0.29, 0.717) is 16.6 Å². The molecule has 0 unspecified atom stereocenters. The number of hydrogen-bond acceptors (Lipinski definition) is 3. The molecular formula is C16H17ClN2O2. The van der Waals surface area contributed by atoms with Gasteiger partial charge in [0.05, 0.1) is 5.02 Å². The van der Waals surface area contributed by atoms with Crippen LogP contribution >= 0.6 is 11.6 Å². The van der Waals surface area contributed by atoms with Crippen molar-refractivity contribution in [3.63, 3.8) is 0 Å². The molecule has 1 aromatic heterocycles. The van der Waals surface area contributed by atoms with Crippen LogP contribution in [0, 0.1) is 13.8 Å². The number of rotatable bonds is 4. The average molecular weight is 305 g/mol. The Labute approximate surface area is 129 Å². The summed E-state index contributed by atoms with van der Waals surface area (Å²) in [6.07, 6.45) is 0.857. The first-order valence-corrected chi connectivity index (χ1v) is 7.00. The number of amides is 1. The number of aryl methyl sites for hydroxylation is 2. The van der Waals surface area contributed by atoms with Crippen LogP contribution in [-0.4, -0.2) is 17.0 Å². The Bertz CT molecular complexity index is 641. The Morgan fingerprint density at radius 1 is 1.24 bits per heavy atom. The lowest BCUT2D eigenvalue weighted by atomic mass is 10.1. The summed E-state index contributed by atoms with van der Waals surface area (Å²) < 4.78 is 5.64. The number of hydrogen-bond donors (Lipinski definition) is 1. The first kappa shape index (κ1) is 15.3. The van der Waals surface area contributed by atoms with Crippen molar-refractivity contribution in [3.8, 4) is 5.75 Å². The Morgan fingerprint density at radius 3 is 2.62 bits per heavy atom. The fraction of sp³-hybridized carbons (Fsp3) is 0.250. The lowest BCUT2D eigenvalue weighted by Gasteiger charge is -2.15. The molecule has 0 saturated carbocycles. The number of nitrogens with one attached hydrogen (secondary N) is 1. The van der Waals surface area contributed by atoms with E-state index in [2.05, 4.69) is 10.3 Å². The van der Waals surface area contributed by atoms with Crippen molar-refractivity contribution in [2.45, 2.75) is 26.9 Å². The maximum Gasteiger partial charge on any atom is 0.266 e. The van der Waals surface area contributed by atoms with Gasteiger partial charge < -0.3 is 10.1 Å². The van der Waals surface area contributed by atoms with E-state index in [1.165, 1.54) is 11.8 Å². The fourth-order valence-electron chi connectivity index (χ4n) is 1.72. The van der Waals surface area contributed by atoms with Crippen LogP contribution in [0.2, 0.25) is 5.02 Å². The van der Waals surface area contributed by atoms with Gasteiger partial charge in [0.25, 0.3) is 5.91 Å². The summed E-state index contributed by atoms with van der Waals surface area (Å²) >= 11 is 5.75. The Kier molecular flexibility index (Phi) is 4.81. The van der Waals surface area contributed by atoms with Crippen LogP contribution in [0.15, 0.2) is 36.5 Å². The molecule has 4 nitrogen and oxygen atoms in total. The smallest absolute Gasteiger partial charge is 0.266 e. The molecule has 0 aliphatic carbocycles. The van der Waals surface area contributed by atoms with Gasteiger partial charge in [0.2, 0.25) is 0 Å². The van der Waals surface area contributed by atoms with Gasteiger partial charge in [-0.15, -0.1) is 0 Å². The van der Waals surface area contributed by atoms with E-state index in [9.17, 15) is 4.79 Å². The topological polar surface area (TPSA) is 51.2 Å². The molecule has 2 aromatic rings. The number of benzene rings is 1. The highest BCUT2D eigenvalue weighted by atomic mass is 35.5. The van der Waals surface area contributed by atoms with Gasteiger partial charge in [-0.1, -0.05) is 17.7 Å². The molecule has 1 aromatic carbocycles. The van der Waals surface area contributed by atoms with Crippen molar-refractivity contribution in [2.75, 3.05) is 5.32 Å². The highest BCUT2D eigenvalue weighted by Crippen LogP contribution is 2.18. The number of anilines is 1. The molecule has 1 amide bonds. The zero-order valence-electron chi connectivity index (χ0n) is 12.2. The predicted molar refractivity (Wildman–Crippen MR) is 83.9 cm³/mol. The summed E-state index contributed by atoms with van der Waals surface area (Å²) in [5.74, 6) is 0.854. The van der Waals surface area contributed by atoms with Crippen molar-refractivity contribution in [1.29, 1.82) is 0 Å². The fourth-order valence-corrected chi connectivity index (χ4v) is 1.83. The molecule has 0 saturated heterocycles. The van der Waals surface area contributed by atoms with Gasteiger partial charge in [-0.25, -0.2) is 4.98 Å². The van der Waals surface area contributed by atoms with E-state index >= 15 is 0 Å². The molecular weight excluding hydrogens is 288 g/mol. The Balaban J connectivity index is 1.98. The van der Waals surface area contributed by atoms with E-state index in [1.807, 2.05) is 32.0 Å². The van der Waals surface area contributed by atoms with Crippen molar-refractivity contribution in [2.24, 2.45) is 0 Å². The monoisotopic (exact) mass is 304 g/mol. The van der Waals surface area contributed by atoms with E-state index in [0.717, 1.165) is 5.56 Å². The molecule has 2 rings (SSSR count). The number of carbonyl (C=O) groups is 1. The van der Waals surface area contributed by atoms with Crippen LogP contribution in [0.4, 0.5) is 5.82 Å². The van der Waals surface area contributed by atoms with E-state index in [-0.39, 0.29) is 5.91 Å². The summed E-state index contributed by atoms with van der Waals surface area (Å²) in [7, 11) is 0. The van der Waals surface area contributed by atoms with Crippen molar-refractivity contribution in [3.05, 3.63) is 52.7 Å². The second-order valence-electron chi connectivity index (χ2n) is 4.86. The van der Waals surface area contributed by atoms with Crippen molar-refractivity contribution < 1.29 is 9.53 Å². The normalized spacial score (nSPS) is 11.8. The third-order valence-electron chi connectivity index (χ3n) is 3.14. The van der Waals surface area contributed by atoms with Crippen LogP contribution in [0.5, 0.6) is 5.75 Å². The Morgan fingerprint density at radius 2 is 2.00 bits per heavy atom. The highest BCUT2D eigenvalue weighted by molar-refractivity contribution is 6.30. The minimum Gasteiger partial charge on any atom is -0.481 e. The van der Waals surface area contributed by atoms with E-state index in [4.69, 9.17) is 16.3 Å². The molecule has 110 valence electrons. The minimum atomic E-state index is -0.621. The standard InChI is InChI=1S/C16H17ClN2O2/c1-10-4-6-14(8-11(10)2)21-12(3)16(20)19-15-7-5-13(17)9-18-15/h4-9,12H,1-3H3,(H,18,19,20)/t12-/m1/s1. The summed E-state index contributed by atoms with van der Waals surface area (Å²) in [6.45, 7) is 5.73. The molecule has 0 spiro atoms. The second kappa shape index (κ2) is 6.59. The quantitative estimate of drug-likeness (QED) is 0.935. The summed E-state index contributed by atoms with van der Waals surface area (Å²) in [4.78, 5) is 16.1. The number of aromatic nitrogens is 1. The molecule has 0 aliphatic rings. The zero-order valence-corrected chi connectivity index (χ0v) is 12.9. The zero-order chi connectivity index (χ0) is 15.4. The molecule has 21 heavy (non-hydrogen) atoms. The summed E-state index contributed by atoms with van der Waals surface area (Å²) in [6, 6.07) is 9.05. The van der Waals surface area contributed by atoms with Gasteiger partial charge in [-0.2, -0.15) is 0 Å². The highest BCUT2D eigenvalue weighted by Gasteiger charge is 2.15. The molecule has 0 fully saturated rings. The number of nitrogens with zero attached hydrogens (tertiary/aromatic N) is 1. The maximum atomic E-state index is 12.0. The second-order valence-corrected chi connectivity index (χ2v) is 5.29. The number of pyridine rings is 1. The molecule has 1 heterocycles. The van der Waals surface area contributed by atoms with Gasteiger partial charge >= 0.3 is 0 Å². The summed E-state index contributed by atoms with van der Waals surface area (Å²) in [5, 5.41) is 3.20. The van der Waals surface area contributed by atoms with E-state index in [1.54, 1.807) is 19.1 Å². The first-order chi connectivity index (χ1) is 9.95. The van der Waals surface area contributed by atoms with Crippen molar-refractivity contribution in [1.82, 2.24) is 4.98 Å². The minimum absolute atomic E-state index is 0.261. The van der Waals surface area contributed by atoms with Crippen LogP contribution in [-0.2, 0) is 4.79 Å². The van der Waals surface area contributed by atoms with E-state index < -0.39 is 6.10 Å². The molecule has 0 aliphatic heterocycles. The third kappa shape index (κ3) is 4.20. The maximum absolute atomic E-state index is 12.0. The third-order valence-corrected chi connectivity index (χ3v) is 3.36. The number of halogens is 1. The first-order valence-electron chi connectivity index (χ1n) is 6.62. The lowest BCUT2D eigenvalue weighted by molar-refractivity contribution is -0.122. The van der Waals surface area contributed by atoms with Crippen LogP contribution < -0.4 is 10.1 Å². The molecule has 0 radical (unpaired) electrons. The van der Waals surface area contributed by atoms with Gasteiger partial charge in [0.1, 0.15) is 11.6 Å². The average Bonchev–Trinajstić information content (AvgIpc) is 2.45. The predicted octanol–water partition coefficient (Wildman–Crippen LogP) is 3.76. The molecule has 1 N–H and O–H groups in total. The van der Waals surface area contributed by atoms with Crippen LogP contribution in [0.1, 0.15) is 18.1 Å². The van der Waals surface area contributed by atoms with Crippen LogP contribution in [0.25, 0.3) is 0 Å². The molecule has 0 bridgehead atoms. The number of ether oxygens (including phenoxy) is 1.